The molecule has 7 nitrogen and oxygen atoms in total. The first-order valence-corrected chi connectivity index (χ1v) is 10.8. The molecule has 5 rings (SSSR count). The van der Waals surface area contributed by atoms with E-state index in [1.165, 1.54) is 5.01 Å². The van der Waals surface area contributed by atoms with Gasteiger partial charge in [-0.1, -0.05) is 42.0 Å². The van der Waals surface area contributed by atoms with Crippen LogP contribution in [0.15, 0.2) is 77.8 Å². The lowest BCUT2D eigenvalue weighted by Crippen LogP contribution is -2.54. The highest BCUT2D eigenvalue weighted by molar-refractivity contribution is 6.30. The van der Waals surface area contributed by atoms with Crippen LogP contribution >= 0.6 is 11.6 Å². The zero-order chi connectivity index (χ0) is 21.4. The Labute approximate surface area is 186 Å². The Morgan fingerprint density at radius 1 is 1.19 bits per heavy atom. The second-order valence-electron chi connectivity index (χ2n) is 7.96. The molecule has 4 aliphatic rings. The summed E-state index contributed by atoms with van der Waals surface area (Å²) in [4.78, 5) is 16.6. The fraction of sp³-hybridized carbons (Fsp3) is 0.261. The standard InChI is InChI=1S/C23H25ClN6O/c24-18-7-4-16(5-8-18)23-20(14-28-11-12-30(25)22(31)15-28)29-13-17(6-9-21(29)27-23)19-3-1-2-10-26-19/h1-9,13,21,26-27H,10-12,14-15,25H2. The minimum absolute atomic E-state index is 0.0238. The highest BCUT2D eigenvalue weighted by atomic mass is 35.5. The number of nitrogens with one attached hydrogen (secondary N) is 2. The fourth-order valence-corrected chi connectivity index (χ4v) is 4.34. The molecular formula is C23H25ClN6O. The minimum Gasteiger partial charge on any atom is -0.381 e. The molecule has 1 amide bonds. The third kappa shape index (κ3) is 3.99. The van der Waals surface area contributed by atoms with Gasteiger partial charge in [-0.2, -0.15) is 0 Å². The highest BCUT2D eigenvalue weighted by Gasteiger charge is 2.34. The number of nitrogens with zero attached hydrogens (tertiary/aromatic N) is 3. The maximum Gasteiger partial charge on any atom is 0.250 e. The molecule has 0 aliphatic carbocycles. The molecule has 4 aliphatic heterocycles. The van der Waals surface area contributed by atoms with E-state index in [0.29, 0.717) is 24.7 Å². The van der Waals surface area contributed by atoms with Gasteiger partial charge in [0.1, 0.15) is 6.17 Å². The fourth-order valence-electron chi connectivity index (χ4n) is 4.21. The number of amides is 1. The average molecular weight is 437 g/mol. The Balaban J connectivity index is 1.50. The molecule has 1 fully saturated rings. The van der Waals surface area contributed by atoms with E-state index in [4.69, 9.17) is 17.4 Å². The quantitative estimate of drug-likeness (QED) is 0.493. The Morgan fingerprint density at radius 3 is 2.77 bits per heavy atom. The Hall–Kier alpha value is -3.00. The number of hydrogen-bond acceptors (Lipinski definition) is 6. The normalized spacial score (nSPS) is 23.4. The number of allylic oxidation sites excluding steroid dienone is 3. The molecule has 4 heterocycles. The van der Waals surface area contributed by atoms with Crippen molar-refractivity contribution >= 4 is 23.2 Å². The van der Waals surface area contributed by atoms with Gasteiger partial charge in [0.05, 0.1) is 17.9 Å². The topological polar surface area (TPSA) is 76.9 Å². The number of halogens is 1. The number of nitrogens with two attached hydrogens (primary N) is 1. The van der Waals surface area contributed by atoms with Crippen LogP contribution in [-0.4, -0.2) is 59.6 Å². The third-order valence-electron chi connectivity index (χ3n) is 5.89. The lowest BCUT2D eigenvalue weighted by Gasteiger charge is -2.34. The van der Waals surface area contributed by atoms with Crippen molar-refractivity contribution in [2.75, 3.05) is 32.7 Å². The maximum absolute atomic E-state index is 12.2. The molecule has 31 heavy (non-hydrogen) atoms. The summed E-state index contributed by atoms with van der Waals surface area (Å²) >= 11 is 6.12. The predicted octanol–water partition coefficient (Wildman–Crippen LogP) is 1.75. The molecule has 8 heteroatoms. The molecular weight excluding hydrogens is 412 g/mol. The maximum atomic E-state index is 12.2. The lowest BCUT2D eigenvalue weighted by molar-refractivity contribution is -0.136. The Bertz CT molecular complexity index is 1040. The van der Waals surface area contributed by atoms with Crippen molar-refractivity contribution in [3.63, 3.8) is 0 Å². The summed E-state index contributed by atoms with van der Waals surface area (Å²) in [6.45, 7) is 3.05. The molecule has 1 saturated heterocycles. The Kier molecular flexibility index (Phi) is 5.31. The monoisotopic (exact) mass is 436 g/mol. The number of hydrogen-bond donors (Lipinski definition) is 3. The van der Waals surface area contributed by atoms with Gasteiger partial charge in [0.25, 0.3) is 5.91 Å². The SMILES string of the molecule is NN1CCN(CC2=C(c3ccc(Cl)cc3)NC3C=CC(C4=CC=CCN4)=CN23)CC1=O. The molecule has 0 saturated carbocycles. The number of carbonyl (C=O) groups is 1. The van der Waals surface area contributed by atoms with Gasteiger partial charge in [-0.05, 0) is 29.8 Å². The average Bonchev–Trinajstić information content (AvgIpc) is 3.15. The van der Waals surface area contributed by atoms with Gasteiger partial charge in [-0.15, -0.1) is 0 Å². The molecule has 160 valence electrons. The van der Waals surface area contributed by atoms with Crippen LogP contribution in [-0.2, 0) is 4.79 Å². The lowest BCUT2D eigenvalue weighted by atomic mass is 10.1. The first-order chi connectivity index (χ1) is 15.1. The number of carbonyl (C=O) groups excluding carboxylic acids is 1. The minimum atomic E-state index is -0.0551. The van der Waals surface area contributed by atoms with Crippen molar-refractivity contribution in [3.8, 4) is 0 Å². The van der Waals surface area contributed by atoms with Crippen molar-refractivity contribution < 1.29 is 4.79 Å². The first-order valence-electron chi connectivity index (χ1n) is 10.4. The smallest absolute Gasteiger partial charge is 0.250 e. The first kappa shape index (κ1) is 19.9. The summed E-state index contributed by atoms with van der Waals surface area (Å²) in [6, 6.07) is 7.85. The van der Waals surface area contributed by atoms with E-state index >= 15 is 0 Å². The number of rotatable bonds is 4. The van der Waals surface area contributed by atoms with Crippen LogP contribution in [0, 0.1) is 0 Å². The molecule has 1 atom stereocenters. The number of dihydropyridines is 1. The molecule has 1 unspecified atom stereocenters. The van der Waals surface area contributed by atoms with Gasteiger partial charge in [0.15, 0.2) is 0 Å². The zero-order valence-electron chi connectivity index (χ0n) is 17.1. The molecule has 0 radical (unpaired) electrons. The largest absolute Gasteiger partial charge is 0.381 e. The van der Waals surface area contributed by atoms with Gasteiger partial charge < -0.3 is 15.5 Å². The Morgan fingerprint density at radius 2 is 2.03 bits per heavy atom. The molecule has 4 N–H and O–H groups in total. The molecule has 1 aromatic carbocycles. The number of benzene rings is 1. The van der Waals surface area contributed by atoms with Crippen LogP contribution in [0.5, 0.6) is 0 Å². The molecule has 0 bridgehead atoms. The van der Waals surface area contributed by atoms with Crippen LogP contribution in [0.25, 0.3) is 5.70 Å². The number of hydrazine groups is 1. The van der Waals surface area contributed by atoms with Crippen molar-refractivity contribution in [2.45, 2.75) is 6.17 Å². The molecule has 1 aromatic rings. The van der Waals surface area contributed by atoms with Crippen molar-refractivity contribution in [1.29, 1.82) is 0 Å². The van der Waals surface area contributed by atoms with E-state index < -0.39 is 0 Å². The van der Waals surface area contributed by atoms with E-state index in [1.807, 2.05) is 24.3 Å². The van der Waals surface area contributed by atoms with Crippen molar-refractivity contribution in [2.24, 2.45) is 5.84 Å². The number of fused-ring (bicyclic) bond motifs is 1. The van der Waals surface area contributed by atoms with Crippen LogP contribution < -0.4 is 16.5 Å². The van der Waals surface area contributed by atoms with Gasteiger partial charge in [-0.25, -0.2) is 5.84 Å². The van der Waals surface area contributed by atoms with E-state index in [-0.39, 0.29) is 12.1 Å². The zero-order valence-corrected chi connectivity index (χ0v) is 17.8. The summed E-state index contributed by atoms with van der Waals surface area (Å²) in [7, 11) is 0. The third-order valence-corrected chi connectivity index (χ3v) is 6.14. The second-order valence-corrected chi connectivity index (χ2v) is 8.39. The summed E-state index contributed by atoms with van der Waals surface area (Å²) in [6.07, 6.45) is 12.8. The van der Waals surface area contributed by atoms with Gasteiger partial charge >= 0.3 is 0 Å². The highest BCUT2D eigenvalue weighted by Crippen LogP contribution is 2.33. The van der Waals surface area contributed by atoms with Crippen molar-refractivity contribution in [1.82, 2.24) is 25.4 Å². The van der Waals surface area contributed by atoms with Crippen LogP contribution in [0.2, 0.25) is 5.02 Å². The summed E-state index contributed by atoms with van der Waals surface area (Å²) in [5.41, 5.74) is 5.47. The van der Waals surface area contributed by atoms with Gasteiger partial charge in [-0.3, -0.25) is 14.7 Å². The second kappa shape index (κ2) is 8.26. The summed E-state index contributed by atoms with van der Waals surface area (Å²) in [5.74, 6) is 5.71. The van der Waals surface area contributed by atoms with E-state index in [0.717, 1.165) is 41.3 Å². The molecule has 0 aromatic heterocycles. The molecule has 0 spiro atoms. The van der Waals surface area contributed by atoms with Gasteiger partial charge in [0, 0.05) is 48.7 Å². The van der Waals surface area contributed by atoms with Crippen LogP contribution in [0.1, 0.15) is 5.56 Å². The van der Waals surface area contributed by atoms with Crippen LogP contribution in [0.4, 0.5) is 0 Å². The summed E-state index contributed by atoms with van der Waals surface area (Å²) < 4.78 is 0. The van der Waals surface area contributed by atoms with E-state index in [9.17, 15) is 4.79 Å². The van der Waals surface area contributed by atoms with Crippen molar-refractivity contribution in [3.05, 3.63) is 88.4 Å². The predicted molar refractivity (Wildman–Crippen MR) is 122 cm³/mol. The van der Waals surface area contributed by atoms with E-state index in [1.54, 1.807) is 0 Å². The van der Waals surface area contributed by atoms with Gasteiger partial charge in [0.2, 0.25) is 0 Å². The number of piperazine rings is 1. The van der Waals surface area contributed by atoms with E-state index in [2.05, 4.69) is 57.0 Å². The van der Waals surface area contributed by atoms with Crippen LogP contribution in [0.3, 0.4) is 0 Å². The summed E-state index contributed by atoms with van der Waals surface area (Å²) in [5, 5.41) is 9.08.